The standard InChI is InChI=1S/C37H39Cl2F2N3O9/c1-36(2,3)14-26-37(16-42,20-10-9-18(38)13-22(20)40)27(19-6-5-7-21(39)28(19)41)29(44-26)33(48)43-23-11-8-17(12-24(23)51-4)34(49)52-15-25-30(45)31(46)32(47)35(50)53-25/h5-13,25-27,29-32,35,44-47,50H,14-15H2,1-4H3,(H,43,48)/t25-,26+,27+,29-,30-,31+,32-,35-,37+/m1/s1. The lowest BCUT2D eigenvalue weighted by Crippen LogP contribution is -2.58. The number of esters is 1. The molecular formula is C37H39Cl2F2N3O9. The third kappa shape index (κ3) is 7.99. The van der Waals surface area contributed by atoms with Crippen LogP contribution in [0.25, 0.3) is 0 Å². The SMILES string of the molecule is COc1cc(C(=O)OC[C@H]2O[C@@H](O)[C@H](O)[C@@H](O)[C@@H]2O)ccc1NC(=O)[C@@H]1N[C@@H](CC(C)(C)C)[C@](C#N)(c2ccc(Cl)cc2F)[C@H]1c1cccc(Cl)c1F. The van der Waals surface area contributed by atoms with Gasteiger partial charge in [0.1, 0.15) is 53.8 Å². The lowest BCUT2D eigenvalue weighted by Gasteiger charge is -2.37. The molecule has 2 aliphatic rings. The summed E-state index contributed by atoms with van der Waals surface area (Å²) in [6.07, 6.45) is -8.10. The number of carbonyl (C=O) groups is 2. The van der Waals surface area contributed by atoms with Gasteiger partial charge in [-0.05, 0) is 53.8 Å². The number of nitriles is 1. The number of methoxy groups -OCH3 is 1. The van der Waals surface area contributed by atoms with E-state index in [0.717, 1.165) is 6.07 Å². The van der Waals surface area contributed by atoms with E-state index in [4.69, 9.17) is 37.4 Å². The minimum Gasteiger partial charge on any atom is -0.495 e. The molecule has 0 aliphatic carbocycles. The van der Waals surface area contributed by atoms with Crippen LogP contribution in [0, 0.1) is 28.4 Å². The second-order valence-corrected chi connectivity index (χ2v) is 15.1. The average Bonchev–Trinajstić information content (AvgIpc) is 3.42. The third-order valence-corrected chi connectivity index (χ3v) is 10.0. The fourth-order valence-electron chi connectivity index (χ4n) is 7.00. The van der Waals surface area contributed by atoms with Crippen LogP contribution in [0.2, 0.25) is 10.0 Å². The van der Waals surface area contributed by atoms with Crippen LogP contribution in [-0.2, 0) is 19.7 Å². The Bertz CT molecular complexity index is 1910. The smallest absolute Gasteiger partial charge is 0.338 e. The maximum atomic E-state index is 16.0. The molecule has 0 unspecified atom stereocenters. The Balaban J connectivity index is 1.49. The Morgan fingerprint density at radius 3 is 2.40 bits per heavy atom. The van der Waals surface area contributed by atoms with E-state index in [1.807, 2.05) is 20.8 Å². The van der Waals surface area contributed by atoms with Crippen molar-refractivity contribution in [3.63, 3.8) is 0 Å². The maximum absolute atomic E-state index is 16.0. The normalized spacial score (nSPS) is 28.6. The van der Waals surface area contributed by atoms with E-state index in [0.29, 0.717) is 0 Å². The molecule has 5 rings (SSSR count). The molecule has 1 amide bonds. The molecule has 0 spiro atoms. The number of rotatable bonds is 9. The summed E-state index contributed by atoms with van der Waals surface area (Å²) in [6.45, 7) is 5.14. The molecule has 0 radical (unpaired) electrons. The predicted octanol–water partition coefficient (Wildman–Crippen LogP) is 4.20. The first-order chi connectivity index (χ1) is 24.9. The van der Waals surface area contributed by atoms with Gasteiger partial charge in [-0.2, -0.15) is 5.26 Å². The van der Waals surface area contributed by atoms with Crippen molar-refractivity contribution < 1.29 is 53.0 Å². The monoisotopic (exact) mass is 777 g/mol. The number of amides is 1. The van der Waals surface area contributed by atoms with Crippen molar-refractivity contribution in [2.75, 3.05) is 19.0 Å². The number of nitrogens with one attached hydrogen (secondary N) is 2. The first kappa shape index (κ1) is 40.3. The van der Waals surface area contributed by atoms with Gasteiger partial charge in [-0.15, -0.1) is 0 Å². The number of benzene rings is 3. The van der Waals surface area contributed by atoms with Gasteiger partial charge in [0.25, 0.3) is 0 Å². The summed E-state index contributed by atoms with van der Waals surface area (Å²) < 4.78 is 47.6. The highest BCUT2D eigenvalue weighted by molar-refractivity contribution is 6.31. The summed E-state index contributed by atoms with van der Waals surface area (Å²) in [5.41, 5.74) is -2.47. The molecule has 16 heteroatoms. The van der Waals surface area contributed by atoms with Gasteiger partial charge in [0.15, 0.2) is 6.29 Å². The molecule has 53 heavy (non-hydrogen) atoms. The van der Waals surface area contributed by atoms with Crippen LogP contribution in [0.5, 0.6) is 5.75 Å². The molecule has 3 aromatic rings. The van der Waals surface area contributed by atoms with E-state index in [2.05, 4.69) is 16.7 Å². The van der Waals surface area contributed by atoms with Crippen molar-refractivity contribution in [3.05, 3.63) is 93.0 Å². The molecule has 2 saturated heterocycles. The number of carbonyl (C=O) groups excluding carboxylic acids is 2. The van der Waals surface area contributed by atoms with Crippen molar-refractivity contribution in [1.82, 2.24) is 5.32 Å². The molecule has 2 heterocycles. The number of hydrogen-bond donors (Lipinski definition) is 6. The van der Waals surface area contributed by atoms with Crippen molar-refractivity contribution in [1.29, 1.82) is 5.26 Å². The molecule has 3 aromatic carbocycles. The van der Waals surface area contributed by atoms with E-state index in [1.54, 1.807) is 0 Å². The van der Waals surface area contributed by atoms with Gasteiger partial charge in [0.2, 0.25) is 5.91 Å². The fraction of sp³-hybridized carbons (Fsp3) is 0.432. The lowest BCUT2D eigenvalue weighted by atomic mass is 9.62. The zero-order valence-electron chi connectivity index (χ0n) is 29.0. The highest BCUT2D eigenvalue weighted by Gasteiger charge is 2.61. The highest BCUT2D eigenvalue weighted by Crippen LogP contribution is 2.53. The highest BCUT2D eigenvalue weighted by atomic mass is 35.5. The molecule has 2 fully saturated rings. The van der Waals surface area contributed by atoms with Crippen LogP contribution in [-0.4, -0.2) is 88.8 Å². The fourth-order valence-corrected chi connectivity index (χ4v) is 7.34. The Morgan fingerprint density at radius 2 is 1.75 bits per heavy atom. The molecule has 0 aromatic heterocycles. The minimum absolute atomic E-state index is 0.000680. The molecule has 6 N–H and O–H groups in total. The first-order valence-corrected chi connectivity index (χ1v) is 17.3. The van der Waals surface area contributed by atoms with Gasteiger partial charge < -0.3 is 45.3 Å². The minimum atomic E-state index is -1.85. The van der Waals surface area contributed by atoms with E-state index < -0.39 is 89.7 Å². The van der Waals surface area contributed by atoms with Crippen molar-refractivity contribution in [2.24, 2.45) is 5.41 Å². The summed E-state index contributed by atoms with van der Waals surface area (Å²) in [5, 5.41) is 56.3. The number of hydrogen-bond acceptors (Lipinski definition) is 11. The van der Waals surface area contributed by atoms with E-state index in [-0.39, 0.29) is 44.6 Å². The number of aliphatic hydroxyl groups is 4. The molecule has 284 valence electrons. The second-order valence-electron chi connectivity index (χ2n) is 14.2. The molecule has 2 aliphatic heterocycles. The lowest BCUT2D eigenvalue weighted by molar-refractivity contribution is -0.286. The average molecular weight is 779 g/mol. The third-order valence-electron chi connectivity index (χ3n) is 9.49. The quantitative estimate of drug-likeness (QED) is 0.171. The molecule has 9 atom stereocenters. The zero-order valence-corrected chi connectivity index (χ0v) is 30.5. The Morgan fingerprint density at radius 1 is 1.04 bits per heavy atom. The molecular weight excluding hydrogens is 739 g/mol. The number of anilines is 1. The van der Waals surface area contributed by atoms with Gasteiger partial charge in [0, 0.05) is 22.5 Å². The topological polar surface area (TPSA) is 191 Å². The summed E-state index contributed by atoms with van der Waals surface area (Å²) in [7, 11) is 1.28. The number of ether oxygens (including phenoxy) is 3. The van der Waals surface area contributed by atoms with Crippen molar-refractivity contribution >= 4 is 40.8 Å². The number of halogens is 4. The first-order valence-electron chi connectivity index (χ1n) is 16.5. The largest absolute Gasteiger partial charge is 0.495 e. The van der Waals surface area contributed by atoms with Crippen molar-refractivity contribution in [3.8, 4) is 11.8 Å². The molecule has 12 nitrogen and oxygen atoms in total. The van der Waals surface area contributed by atoms with Crippen LogP contribution in [0.4, 0.5) is 14.5 Å². The number of aliphatic hydroxyl groups excluding tert-OH is 4. The summed E-state index contributed by atoms with van der Waals surface area (Å²) >= 11 is 12.3. The van der Waals surface area contributed by atoms with Gasteiger partial charge in [0.05, 0.1) is 35.5 Å². The zero-order chi connectivity index (χ0) is 39.0. The van der Waals surface area contributed by atoms with Crippen molar-refractivity contribution in [2.45, 2.75) is 81.3 Å². The van der Waals surface area contributed by atoms with Gasteiger partial charge in [-0.3, -0.25) is 4.79 Å². The van der Waals surface area contributed by atoms with E-state index in [1.165, 1.54) is 55.6 Å². The van der Waals surface area contributed by atoms with Gasteiger partial charge >= 0.3 is 5.97 Å². The van der Waals surface area contributed by atoms with Gasteiger partial charge in [-0.25, -0.2) is 13.6 Å². The Hall–Kier alpha value is -3.91. The Kier molecular flexibility index (Phi) is 12.0. The summed E-state index contributed by atoms with van der Waals surface area (Å²) in [4.78, 5) is 27.3. The summed E-state index contributed by atoms with van der Waals surface area (Å²) in [6, 6.07) is 12.0. The van der Waals surface area contributed by atoms with Crippen LogP contribution in [0.15, 0.2) is 54.6 Å². The van der Waals surface area contributed by atoms with Crippen LogP contribution in [0.1, 0.15) is 54.6 Å². The number of nitrogens with zero attached hydrogens (tertiary/aromatic N) is 1. The van der Waals surface area contributed by atoms with E-state index >= 15 is 8.78 Å². The van der Waals surface area contributed by atoms with Crippen LogP contribution >= 0.6 is 23.2 Å². The predicted molar refractivity (Wildman–Crippen MR) is 188 cm³/mol. The van der Waals surface area contributed by atoms with Crippen LogP contribution < -0.4 is 15.4 Å². The second kappa shape index (κ2) is 15.8. The van der Waals surface area contributed by atoms with Crippen LogP contribution in [0.3, 0.4) is 0 Å². The molecule has 0 bridgehead atoms. The molecule has 0 saturated carbocycles. The Labute approximate surface area is 314 Å². The maximum Gasteiger partial charge on any atom is 0.338 e. The summed E-state index contributed by atoms with van der Waals surface area (Å²) in [5.74, 6) is -4.68. The van der Waals surface area contributed by atoms with Gasteiger partial charge in [-0.1, -0.05) is 62.2 Å². The van der Waals surface area contributed by atoms with E-state index in [9.17, 15) is 35.3 Å².